The van der Waals surface area contributed by atoms with Gasteiger partial charge in [-0.25, -0.2) is 0 Å². The van der Waals surface area contributed by atoms with Gasteiger partial charge in [0.2, 0.25) is 17.6 Å². The van der Waals surface area contributed by atoms with Crippen LogP contribution in [0.3, 0.4) is 0 Å². The summed E-state index contributed by atoms with van der Waals surface area (Å²) in [7, 11) is 2.02. The maximum Gasteiger partial charge on any atom is 0.353 e. The van der Waals surface area contributed by atoms with Gasteiger partial charge in [-0.15, -0.1) is 0 Å². The Hall–Kier alpha value is -2.16. The minimum Gasteiger partial charge on any atom is -0.378 e. The van der Waals surface area contributed by atoms with E-state index in [-0.39, 0.29) is 17.5 Å². The third kappa shape index (κ3) is 3.53. The highest BCUT2D eigenvalue weighted by Gasteiger charge is 2.29. The van der Waals surface area contributed by atoms with Crippen molar-refractivity contribution in [2.75, 3.05) is 49.2 Å². The number of nitrogen functional groups attached to an aromatic ring is 1. The Morgan fingerprint density at radius 1 is 1.36 bits per heavy atom. The lowest BCUT2D eigenvalue weighted by molar-refractivity contribution is -0.383. The molecule has 0 aliphatic carbocycles. The maximum absolute atomic E-state index is 11.3. The highest BCUT2D eigenvalue weighted by Crippen LogP contribution is 2.32. The molecule has 9 nitrogen and oxygen atoms in total. The van der Waals surface area contributed by atoms with Crippen molar-refractivity contribution in [3.8, 4) is 0 Å². The normalized spacial score (nSPS) is 17.3. The molecule has 0 aromatic carbocycles. The van der Waals surface area contributed by atoms with Gasteiger partial charge in [-0.3, -0.25) is 10.1 Å². The molecule has 1 saturated heterocycles. The molecule has 0 saturated carbocycles. The standard InChI is InChI=1S/C13H23N7O2/c1-4-9(2)15-13-16-11(14)10(20(21)22)12(17-13)19-7-5-18(3)6-8-19/h9H,4-8H2,1-3H3,(H3,14,15,16,17)/t9-/m1/s1. The number of anilines is 3. The molecule has 22 heavy (non-hydrogen) atoms. The second kappa shape index (κ2) is 6.73. The Labute approximate surface area is 129 Å². The average Bonchev–Trinajstić information content (AvgIpc) is 2.46. The van der Waals surface area contributed by atoms with Crippen molar-refractivity contribution in [1.29, 1.82) is 0 Å². The van der Waals surface area contributed by atoms with Crippen LogP contribution in [0.5, 0.6) is 0 Å². The monoisotopic (exact) mass is 309 g/mol. The Kier molecular flexibility index (Phi) is 4.96. The molecule has 0 amide bonds. The summed E-state index contributed by atoms with van der Waals surface area (Å²) in [5.74, 6) is 0.544. The van der Waals surface area contributed by atoms with Crippen molar-refractivity contribution in [2.24, 2.45) is 0 Å². The molecule has 3 N–H and O–H groups in total. The summed E-state index contributed by atoms with van der Waals surface area (Å²) in [6, 6.07) is 0.168. The third-order valence-corrected chi connectivity index (χ3v) is 3.87. The van der Waals surface area contributed by atoms with Gasteiger partial charge in [-0.05, 0) is 20.4 Å². The summed E-state index contributed by atoms with van der Waals surface area (Å²) in [5.41, 5.74) is 5.60. The average molecular weight is 309 g/mol. The first kappa shape index (κ1) is 16.2. The van der Waals surface area contributed by atoms with E-state index in [9.17, 15) is 10.1 Å². The molecule has 1 atom stereocenters. The van der Waals surface area contributed by atoms with Crippen molar-refractivity contribution < 1.29 is 4.92 Å². The molecule has 1 aromatic heterocycles. The first-order valence-corrected chi connectivity index (χ1v) is 7.44. The van der Waals surface area contributed by atoms with Crippen molar-refractivity contribution in [2.45, 2.75) is 26.3 Å². The van der Waals surface area contributed by atoms with Gasteiger partial charge in [-0.1, -0.05) is 6.92 Å². The van der Waals surface area contributed by atoms with E-state index >= 15 is 0 Å². The highest BCUT2D eigenvalue weighted by molar-refractivity contribution is 5.71. The molecule has 0 spiro atoms. The van der Waals surface area contributed by atoms with E-state index in [1.807, 2.05) is 25.8 Å². The van der Waals surface area contributed by atoms with Gasteiger partial charge in [0, 0.05) is 32.2 Å². The number of nitrogens with two attached hydrogens (primary N) is 1. The van der Waals surface area contributed by atoms with E-state index in [0.717, 1.165) is 19.5 Å². The van der Waals surface area contributed by atoms with Crippen LogP contribution in [0.4, 0.5) is 23.3 Å². The second-order valence-electron chi connectivity index (χ2n) is 5.61. The van der Waals surface area contributed by atoms with E-state index < -0.39 is 4.92 Å². The molecule has 0 bridgehead atoms. The third-order valence-electron chi connectivity index (χ3n) is 3.87. The van der Waals surface area contributed by atoms with Crippen molar-refractivity contribution >= 4 is 23.3 Å². The highest BCUT2D eigenvalue weighted by atomic mass is 16.6. The van der Waals surface area contributed by atoms with Gasteiger partial charge in [0.1, 0.15) is 0 Å². The summed E-state index contributed by atoms with van der Waals surface area (Å²) >= 11 is 0. The molecular formula is C13H23N7O2. The summed E-state index contributed by atoms with van der Waals surface area (Å²) < 4.78 is 0. The molecule has 122 valence electrons. The molecule has 2 rings (SSSR count). The first-order valence-electron chi connectivity index (χ1n) is 7.44. The summed E-state index contributed by atoms with van der Waals surface area (Å²) in [4.78, 5) is 23.3. The number of hydrogen-bond donors (Lipinski definition) is 2. The Morgan fingerprint density at radius 3 is 2.55 bits per heavy atom. The van der Waals surface area contributed by atoms with Crippen LogP contribution in [0.25, 0.3) is 0 Å². The Bertz CT molecular complexity index is 543. The molecule has 1 aliphatic rings. The second-order valence-corrected chi connectivity index (χ2v) is 5.61. The van der Waals surface area contributed by atoms with Crippen LogP contribution in [-0.4, -0.2) is 59.1 Å². The van der Waals surface area contributed by atoms with E-state index in [0.29, 0.717) is 24.9 Å². The van der Waals surface area contributed by atoms with Gasteiger partial charge in [0.15, 0.2) is 0 Å². The number of nitrogens with one attached hydrogen (secondary N) is 1. The number of hydrogen-bond acceptors (Lipinski definition) is 8. The first-order chi connectivity index (χ1) is 10.4. The van der Waals surface area contributed by atoms with Gasteiger partial charge < -0.3 is 20.9 Å². The van der Waals surface area contributed by atoms with Crippen LogP contribution in [0, 0.1) is 10.1 Å². The molecule has 0 radical (unpaired) electrons. The smallest absolute Gasteiger partial charge is 0.353 e. The van der Waals surface area contributed by atoms with Crippen molar-refractivity contribution in [3.05, 3.63) is 10.1 Å². The lowest BCUT2D eigenvalue weighted by atomic mass is 10.3. The topological polar surface area (TPSA) is 113 Å². The summed E-state index contributed by atoms with van der Waals surface area (Å²) in [5, 5.41) is 14.5. The zero-order valence-corrected chi connectivity index (χ0v) is 13.2. The van der Waals surface area contributed by atoms with E-state index in [1.165, 1.54) is 0 Å². The quantitative estimate of drug-likeness (QED) is 0.610. The van der Waals surface area contributed by atoms with E-state index in [4.69, 9.17) is 5.73 Å². The predicted octanol–water partition coefficient (Wildman–Crippen LogP) is 0.929. The van der Waals surface area contributed by atoms with Crippen LogP contribution in [0.1, 0.15) is 20.3 Å². The van der Waals surface area contributed by atoms with Crippen molar-refractivity contribution in [3.63, 3.8) is 0 Å². The van der Waals surface area contributed by atoms with Crippen LogP contribution in [-0.2, 0) is 0 Å². The molecule has 0 unspecified atom stereocenters. The van der Waals surface area contributed by atoms with E-state index in [2.05, 4.69) is 20.2 Å². The van der Waals surface area contributed by atoms with E-state index in [1.54, 1.807) is 0 Å². The Balaban J connectivity index is 2.37. The van der Waals surface area contributed by atoms with Gasteiger partial charge in [0.25, 0.3) is 0 Å². The van der Waals surface area contributed by atoms with Gasteiger partial charge in [-0.2, -0.15) is 9.97 Å². The number of likely N-dealkylation sites (N-methyl/N-ethyl adjacent to an activating group) is 1. The largest absolute Gasteiger partial charge is 0.378 e. The number of aromatic nitrogens is 2. The van der Waals surface area contributed by atoms with Crippen LogP contribution < -0.4 is 16.0 Å². The molecule has 1 aliphatic heterocycles. The van der Waals surface area contributed by atoms with Gasteiger partial charge in [0.05, 0.1) is 4.92 Å². The summed E-state index contributed by atoms with van der Waals surface area (Å²) in [6.07, 6.45) is 0.893. The fourth-order valence-electron chi connectivity index (χ4n) is 2.26. The number of nitro groups is 1. The number of rotatable bonds is 5. The lowest BCUT2D eigenvalue weighted by Crippen LogP contribution is -2.45. The fourth-order valence-corrected chi connectivity index (χ4v) is 2.26. The van der Waals surface area contributed by atoms with Crippen LogP contribution in [0.2, 0.25) is 0 Å². The van der Waals surface area contributed by atoms with Crippen LogP contribution >= 0.6 is 0 Å². The number of piperazine rings is 1. The number of nitrogens with zero attached hydrogens (tertiary/aromatic N) is 5. The fraction of sp³-hybridized carbons (Fsp3) is 0.692. The van der Waals surface area contributed by atoms with Gasteiger partial charge >= 0.3 is 5.69 Å². The maximum atomic E-state index is 11.3. The Morgan fingerprint density at radius 2 is 2.00 bits per heavy atom. The summed E-state index contributed by atoms with van der Waals surface area (Å²) in [6.45, 7) is 7.04. The van der Waals surface area contributed by atoms with Crippen LogP contribution in [0.15, 0.2) is 0 Å². The molecule has 9 heteroatoms. The zero-order chi connectivity index (χ0) is 16.3. The molecule has 1 aromatic rings. The molecule has 2 heterocycles. The predicted molar refractivity (Wildman–Crippen MR) is 86.2 cm³/mol. The lowest BCUT2D eigenvalue weighted by Gasteiger charge is -2.33. The minimum atomic E-state index is -0.504. The SMILES string of the molecule is CC[C@@H](C)Nc1nc(N)c([N+](=O)[O-])c(N2CCN(C)CC2)n1. The zero-order valence-electron chi connectivity index (χ0n) is 13.2. The molecular weight excluding hydrogens is 286 g/mol. The minimum absolute atomic E-state index is 0.0975. The van der Waals surface area contributed by atoms with Crippen molar-refractivity contribution in [1.82, 2.24) is 14.9 Å². The molecule has 1 fully saturated rings.